The summed E-state index contributed by atoms with van der Waals surface area (Å²) >= 11 is 18.1. The molecule has 0 saturated heterocycles. The Morgan fingerprint density at radius 2 is 1.75 bits per heavy atom. The van der Waals surface area contributed by atoms with Crippen LogP contribution in [-0.2, 0) is 20.7 Å². The van der Waals surface area contributed by atoms with E-state index in [0.29, 0.717) is 26.3 Å². The molecule has 7 heteroatoms. The Kier molecular flexibility index (Phi) is 6.49. The molecule has 0 aliphatic rings. The van der Waals surface area contributed by atoms with Crippen molar-refractivity contribution in [3.05, 3.63) is 62.6 Å². The van der Waals surface area contributed by atoms with Crippen molar-refractivity contribution in [3.8, 4) is 0 Å². The van der Waals surface area contributed by atoms with E-state index < -0.39 is 18.5 Å². The zero-order valence-electron chi connectivity index (χ0n) is 12.7. The highest BCUT2D eigenvalue weighted by atomic mass is 35.5. The summed E-state index contributed by atoms with van der Waals surface area (Å²) in [6.07, 6.45) is -0.0150. The van der Waals surface area contributed by atoms with E-state index in [1.54, 1.807) is 43.3 Å². The number of aryl methyl sites for hydroxylation is 1. The summed E-state index contributed by atoms with van der Waals surface area (Å²) in [5, 5.41) is 3.67. The van der Waals surface area contributed by atoms with Gasteiger partial charge < -0.3 is 10.1 Å². The first-order valence-electron chi connectivity index (χ1n) is 7.02. The van der Waals surface area contributed by atoms with E-state index in [-0.39, 0.29) is 6.42 Å². The molecule has 0 spiro atoms. The van der Waals surface area contributed by atoms with Crippen molar-refractivity contribution in [2.24, 2.45) is 0 Å². The van der Waals surface area contributed by atoms with Gasteiger partial charge in [-0.15, -0.1) is 0 Å². The van der Waals surface area contributed by atoms with E-state index in [0.717, 1.165) is 5.56 Å². The van der Waals surface area contributed by atoms with E-state index in [4.69, 9.17) is 39.5 Å². The van der Waals surface area contributed by atoms with Gasteiger partial charge in [-0.1, -0.05) is 59.1 Å². The Balaban J connectivity index is 1.91. The van der Waals surface area contributed by atoms with E-state index >= 15 is 0 Å². The zero-order valence-corrected chi connectivity index (χ0v) is 15.0. The first-order valence-corrected chi connectivity index (χ1v) is 8.15. The molecule has 24 heavy (non-hydrogen) atoms. The van der Waals surface area contributed by atoms with Crippen molar-refractivity contribution >= 4 is 52.4 Å². The molecular formula is C17H14Cl3NO3. The van der Waals surface area contributed by atoms with Crippen LogP contribution in [0.15, 0.2) is 36.4 Å². The predicted molar refractivity (Wildman–Crippen MR) is 95.9 cm³/mol. The van der Waals surface area contributed by atoms with Crippen molar-refractivity contribution in [1.82, 2.24) is 0 Å². The van der Waals surface area contributed by atoms with Crippen LogP contribution in [0.3, 0.4) is 0 Å². The molecular weight excluding hydrogens is 373 g/mol. The molecule has 1 amide bonds. The van der Waals surface area contributed by atoms with Gasteiger partial charge in [0.15, 0.2) is 6.61 Å². The highest BCUT2D eigenvalue weighted by Crippen LogP contribution is 2.32. The Morgan fingerprint density at radius 3 is 2.46 bits per heavy atom. The molecule has 0 atom stereocenters. The Labute approximate surface area is 154 Å². The lowest BCUT2D eigenvalue weighted by Crippen LogP contribution is -2.22. The second-order valence-electron chi connectivity index (χ2n) is 5.03. The summed E-state index contributed by atoms with van der Waals surface area (Å²) in [6, 6.07) is 10.3. The molecule has 0 heterocycles. The van der Waals surface area contributed by atoms with E-state index in [2.05, 4.69) is 5.32 Å². The molecule has 0 aliphatic carbocycles. The van der Waals surface area contributed by atoms with Gasteiger partial charge >= 0.3 is 5.97 Å². The topological polar surface area (TPSA) is 55.4 Å². The van der Waals surface area contributed by atoms with Crippen LogP contribution >= 0.6 is 34.8 Å². The van der Waals surface area contributed by atoms with Crippen molar-refractivity contribution in [1.29, 1.82) is 0 Å². The van der Waals surface area contributed by atoms with Crippen molar-refractivity contribution < 1.29 is 14.3 Å². The average Bonchev–Trinajstić information content (AvgIpc) is 2.55. The van der Waals surface area contributed by atoms with Crippen LogP contribution in [0.5, 0.6) is 0 Å². The van der Waals surface area contributed by atoms with Gasteiger partial charge in [-0.05, 0) is 30.2 Å². The number of anilines is 1. The highest BCUT2D eigenvalue weighted by molar-refractivity contribution is 6.40. The summed E-state index contributed by atoms with van der Waals surface area (Å²) in [5.41, 5.74) is 1.70. The highest BCUT2D eigenvalue weighted by Gasteiger charge is 2.14. The molecule has 1 N–H and O–H groups in total. The molecule has 0 unspecified atom stereocenters. The molecule has 0 aliphatic heterocycles. The fourth-order valence-corrected chi connectivity index (χ4v) is 2.61. The third-order valence-electron chi connectivity index (χ3n) is 3.21. The number of rotatable bonds is 5. The zero-order chi connectivity index (χ0) is 17.7. The Hall–Kier alpha value is -1.75. The van der Waals surface area contributed by atoms with E-state index in [1.807, 2.05) is 0 Å². The summed E-state index contributed by atoms with van der Waals surface area (Å²) in [6.45, 7) is 1.35. The minimum absolute atomic E-state index is 0.0150. The first kappa shape index (κ1) is 18.6. The van der Waals surface area contributed by atoms with Crippen LogP contribution in [0.25, 0.3) is 0 Å². The lowest BCUT2D eigenvalue weighted by molar-refractivity contribution is -0.146. The fourth-order valence-electron chi connectivity index (χ4n) is 1.94. The number of hydrogen-bond acceptors (Lipinski definition) is 3. The van der Waals surface area contributed by atoms with E-state index in [9.17, 15) is 9.59 Å². The molecule has 0 fully saturated rings. The number of carbonyl (C=O) groups is 2. The van der Waals surface area contributed by atoms with Crippen LogP contribution in [0, 0.1) is 6.92 Å². The monoisotopic (exact) mass is 385 g/mol. The Morgan fingerprint density at radius 1 is 1.04 bits per heavy atom. The van der Waals surface area contributed by atoms with Crippen molar-refractivity contribution in [3.63, 3.8) is 0 Å². The minimum atomic E-state index is -0.556. The standard InChI is InChI=1S/C17H14Cl3NO3/c1-10-6-7-13(19)17(16(10)20)21-14(22)9-24-15(23)8-11-4-2-3-5-12(11)18/h2-7H,8-9H2,1H3,(H,21,22). The van der Waals surface area contributed by atoms with Gasteiger partial charge in [0.05, 0.1) is 22.2 Å². The van der Waals surface area contributed by atoms with Crippen LogP contribution < -0.4 is 5.32 Å². The minimum Gasteiger partial charge on any atom is -0.455 e. The number of carbonyl (C=O) groups excluding carboxylic acids is 2. The van der Waals surface area contributed by atoms with Gasteiger partial charge in [0.25, 0.3) is 5.91 Å². The number of esters is 1. The number of ether oxygens (including phenoxy) is 1. The molecule has 0 bridgehead atoms. The maximum absolute atomic E-state index is 11.9. The molecule has 2 aromatic carbocycles. The number of benzene rings is 2. The summed E-state index contributed by atoms with van der Waals surface area (Å²) < 4.78 is 4.95. The quantitative estimate of drug-likeness (QED) is 0.759. The van der Waals surface area contributed by atoms with Gasteiger partial charge in [-0.25, -0.2) is 0 Å². The molecule has 0 aromatic heterocycles. The predicted octanol–water partition coefficient (Wildman–Crippen LogP) is 4.68. The third-order valence-corrected chi connectivity index (χ3v) is 4.38. The number of hydrogen-bond donors (Lipinski definition) is 1. The fraction of sp³-hybridized carbons (Fsp3) is 0.176. The molecule has 126 valence electrons. The second kappa shape index (κ2) is 8.38. The number of amides is 1. The van der Waals surface area contributed by atoms with Crippen molar-refractivity contribution in [2.75, 3.05) is 11.9 Å². The van der Waals surface area contributed by atoms with Gasteiger partial charge in [-0.2, -0.15) is 0 Å². The maximum Gasteiger partial charge on any atom is 0.310 e. The second-order valence-corrected chi connectivity index (χ2v) is 6.22. The molecule has 0 radical (unpaired) electrons. The largest absolute Gasteiger partial charge is 0.455 e. The summed E-state index contributed by atoms with van der Waals surface area (Å²) in [7, 11) is 0. The van der Waals surface area contributed by atoms with E-state index in [1.165, 1.54) is 0 Å². The van der Waals surface area contributed by atoms with Gasteiger partial charge in [-0.3, -0.25) is 9.59 Å². The summed E-state index contributed by atoms with van der Waals surface area (Å²) in [5.74, 6) is -1.09. The van der Waals surface area contributed by atoms with Gasteiger partial charge in [0.2, 0.25) is 0 Å². The molecule has 4 nitrogen and oxygen atoms in total. The normalized spacial score (nSPS) is 10.3. The molecule has 2 rings (SSSR count). The Bertz CT molecular complexity index is 778. The lowest BCUT2D eigenvalue weighted by Gasteiger charge is -2.11. The SMILES string of the molecule is Cc1ccc(Cl)c(NC(=O)COC(=O)Cc2ccccc2Cl)c1Cl. The van der Waals surface area contributed by atoms with Gasteiger partial charge in [0.1, 0.15) is 0 Å². The van der Waals surface area contributed by atoms with Crippen LogP contribution in [-0.4, -0.2) is 18.5 Å². The third kappa shape index (κ3) is 4.87. The average molecular weight is 387 g/mol. The lowest BCUT2D eigenvalue weighted by atomic mass is 10.1. The maximum atomic E-state index is 11.9. The first-order chi connectivity index (χ1) is 11.4. The number of nitrogens with one attached hydrogen (secondary N) is 1. The smallest absolute Gasteiger partial charge is 0.310 e. The number of halogens is 3. The summed E-state index contributed by atoms with van der Waals surface area (Å²) in [4.78, 5) is 23.7. The van der Waals surface area contributed by atoms with Crippen LogP contribution in [0.2, 0.25) is 15.1 Å². The molecule has 2 aromatic rings. The van der Waals surface area contributed by atoms with Crippen LogP contribution in [0.4, 0.5) is 5.69 Å². The van der Waals surface area contributed by atoms with Gasteiger partial charge in [0, 0.05) is 5.02 Å². The van der Waals surface area contributed by atoms with Crippen molar-refractivity contribution in [2.45, 2.75) is 13.3 Å². The molecule has 0 saturated carbocycles. The van der Waals surface area contributed by atoms with Crippen LogP contribution in [0.1, 0.15) is 11.1 Å².